The van der Waals surface area contributed by atoms with Crippen molar-refractivity contribution >= 4 is 52.7 Å². The molecule has 548 valence electrons. The predicted molar refractivity (Wildman–Crippen MR) is 408 cm³/mol. The van der Waals surface area contributed by atoms with E-state index >= 15 is 0 Å². The van der Waals surface area contributed by atoms with Crippen LogP contribution in [0.1, 0.15) is 106 Å². The molecular formula is C89H81F6N3O9. The summed E-state index contributed by atoms with van der Waals surface area (Å²) in [6, 6.07) is 73.8. The van der Waals surface area contributed by atoms with Gasteiger partial charge in [-0.25, -0.2) is 26.3 Å². The van der Waals surface area contributed by atoms with Crippen LogP contribution in [0.4, 0.5) is 43.4 Å². The van der Waals surface area contributed by atoms with E-state index < -0.39 is 124 Å². The highest BCUT2D eigenvalue weighted by Gasteiger charge is 2.33. The molecule has 0 fully saturated rings. The number of ether oxygens (including phenoxy) is 3. The molecule has 0 atom stereocenters. The fourth-order valence-corrected chi connectivity index (χ4v) is 11.4. The van der Waals surface area contributed by atoms with Crippen molar-refractivity contribution in [2.75, 3.05) is 34.3 Å². The zero-order valence-corrected chi connectivity index (χ0v) is 60.9. The highest BCUT2D eigenvalue weighted by Crippen LogP contribution is 2.36. The van der Waals surface area contributed by atoms with Gasteiger partial charge in [0.25, 0.3) is 17.7 Å². The smallest absolute Gasteiger partial charge is 0.326 e. The second-order valence-electron chi connectivity index (χ2n) is 27.8. The number of esters is 3. The number of aryl methyl sites for hydroxylation is 1. The lowest BCUT2D eigenvalue weighted by Gasteiger charge is -2.26. The number of carbonyl (C=O) groups is 6. The highest BCUT2D eigenvalue weighted by molar-refractivity contribution is 6.11. The van der Waals surface area contributed by atoms with E-state index in [2.05, 4.69) is 6.92 Å². The summed E-state index contributed by atoms with van der Waals surface area (Å²) in [5, 5.41) is 0. The third-order valence-electron chi connectivity index (χ3n) is 16.2. The molecule has 0 radical (unpaired) electrons. The molecule has 0 aliphatic carbocycles. The summed E-state index contributed by atoms with van der Waals surface area (Å²) in [5.41, 5.74) is 6.72. The van der Waals surface area contributed by atoms with Crippen LogP contribution >= 0.6 is 0 Å². The van der Waals surface area contributed by atoms with Gasteiger partial charge in [-0.1, -0.05) is 195 Å². The quantitative estimate of drug-likeness (QED) is 0.0466. The number of amides is 3. The molecule has 11 aromatic rings. The van der Waals surface area contributed by atoms with Crippen LogP contribution in [0.5, 0.6) is 0 Å². The monoisotopic (exact) mass is 1450 g/mol. The van der Waals surface area contributed by atoms with E-state index in [9.17, 15) is 55.1 Å². The lowest BCUT2D eigenvalue weighted by Crippen LogP contribution is -2.39. The summed E-state index contributed by atoms with van der Waals surface area (Å²) in [6.45, 7) is 15.9. The summed E-state index contributed by atoms with van der Waals surface area (Å²) < 4.78 is 103. The largest absolute Gasteiger partial charge is 0.459 e. The Morgan fingerprint density at radius 1 is 0.280 bits per heavy atom. The molecule has 18 heteroatoms. The van der Waals surface area contributed by atoms with Crippen molar-refractivity contribution in [3.8, 4) is 55.6 Å². The van der Waals surface area contributed by atoms with Crippen molar-refractivity contribution in [3.05, 3.63) is 318 Å². The maximum absolute atomic E-state index is 14.6. The standard InChI is InChI=1S/2C31H27F2NO3.C27H27F2NO3/c1-31(2,3)37-28(35)20-34(30(36)29-26(32)13-8-14-27(29)33)25-12-7-11-24(19-25)23-17-15-22(16-18-23)21-9-5-4-6-10-21;1-31(2,3)37-28(35)20-34(30(36)29-26(32)17-10-18-27(29)33)23-14-9-13-22(19-23)25-16-8-7-15-24(25)21-11-5-4-6-12-21;1-5-18-12-14-19(15-13-18)20-8-6-9-21(16-20)30(17-24(31)33-27(2,3)4)26(32)25-22(28)10-7-11-23(25)29/h2*4-19H,20H2,1-3H3;6-16H,5,17H2,1-4H3. The van der Waals surface area contributed by atoms with Crippen molar-refractivity contribution in [3.63, 3.8) is 0 Å². The maximum Gasteiger partial charge on any atom is 0.326 e. The Morgan fingerprint density at radius 2 is 0.523 bits per heavy atom. The fourth-order valence-electron chi connectivity index (χ4n) is 11.4. The van der Waals surface area contributed by atoms with Gasteiger partial charge in [0.2, 0.25) is 0 Å². The second kappa shape index (κ2) is 35.1. The predicted octanol–water partition coefficient (Wildman–Crippen LogP) is 20.8. The minimum Gasteiger partial charge on any atom is -0.459 e. The van der Waals surface area contributed by atoms with Crippen LogP contribution in [-0.4, -0.2) is 72.1 Å². The lowest BCUT2D eigenvalue weighted by atomic mass is 9.94. The highest BCUT2D eigenvalue weighted by atomic mass is 19.2. The van der Waals surface area contributed by atoms with Gasteiger partial charge in [0.15, 0.2) is 0 Å². The van der Waals surface area contributed by atoms with E-state index in [1.165, 1.54) is 23.8 Å². The van der Waals surface area contributed by atoms with Crippen LogP contribution in [0.25, 0.3) is 55.6 Å². The molecule has 0 saturated heterocycles. The first-order valence-electron chi connectivity index (χ1n) is 34.5. The van der Waals surface area contributed by atoms with Crippen LogP contribution in [0.15, 0.2) is 261 Å². The van der Waals surface area contributed by atoms with Gasteiger partial charge < -0.3 is 14.2 Å². The minimum atomic E-state index is -1.01. The number of benzene rings is 11. The number of nitrogens with zero attached hydrogens (tertiary/aromatic N) is 3. The molecule has 11 rings (SSSR count). The lowest BCUT2D eigenvalue weighted by molar-refractivity contribution is -0.154. The van der Waals surface area contributed by atoms with Crippen molar-refractivity contribution in [2.45, 2.75) is 92.5 Å². The Hall–Kier alpha value is -12.2. The molecule has 0 bridgehead atoms. The van der Waals surface area contributed by atoms with E-state index in [0.29, 0.717) is 17.1 Å². The van der Waals surface area contributed by atoms with Gasteiger partial charge in [-0.2, -0.15) is 0 Å². The molecule has 0 heterocycles. The van der Waals surface area contributed by atoms with Crippen LogP contribution < -0.4 is 14.7 Å². The first kappa shape index (κ1) is 78.9. The third-order valence-corrected chi connectivity index (χ3v) is 16.2. The van der Waals surface area contributed by atoms with Crippen molar-refractivity contribution < 1.29 is 69.3 Å². The number of hydrogen-bond donors (Lipinski definition) is 0. The summed E-state index contributed by atoms with van der Waals surface area (Å²) in [5.74, 6) is -11.0. The van der Waals surface area contributed by atoms with Gasteiger partial charge in [-0.05, 0) is 203 Å². The molecule has 0 spiro atoms. The van der Waals surface area contributed by atoms with Crippen molar-refractivity contribution in [1.29, 1.82) is 0 Å². The molecule has 12 nitrogen and oxygen atoms in total. The Labute approximate surface area is 619 Å². The van der Waals surface area contributed by atoms with E-state index in [-0.39, 0.29) is 0 Å². The average Bonchev–Trinajstić information content (AvgIpc) is 0.805. The summed E-state index contributed by atoms with van der Waals surface area (Å²) in [6.07, 6.45) is 0.909. The number of anilines is 3. The summed E-state index contributed by atoms with van der Waals surface area (Å²) >= 11 is 0. The van der Waals surface area contributed by atoms with E-state index in [0.717, 1.165) is 113 Å². The molecular weight excluding hydrogens is 1370 g/mol. The number of halogens is 6. The summed E-state index contributed by atoms with van der Waals surface area (Å²) in [4.78, 5) is 81.2. The Kier molecular flexibility index (Phi) is 25.9. The second-order valence-corrected chi connectivity index (χ2v) is 27.8. The number of hydrogen-bond acceptors (Lipinski definition) is 9. The molecule has 0 aliphatic rings. The van der Waals surface area contributed by atoms with E-state index in [1.807, 2.05) is 152 Å². The minimum absolute atomic E-state index is 0.305. The molecule has 0 aromatic heterocycles. The Bertz CT molecular complexity index is 4920. The number of carbonyl (C=O) groups excluding carboxylic acids is 6. The zero-order valence-electron chi connectivity index (χ0n) is 60.9. The molecule has 3 amide bonds. The zero-order chi connectivity index (χ0) is 77.3. The average molecular weight is 1450 g/mol. The molecule has 0 N–H and O–H groups in total. The molecule has 0 saturated carbocycles. The van der Waals surface area contributed by atoms with Gasteiger partial charge in [-0.15, -0.1) is 0 Å². The summed E-state index contributed by atoms with van der Waals surface area (Å²) in [7, 11) is 0. The third kappa shape index (κ3) is 21.5. The molecule has 0 unspecified atom stereocenters. The van der Waals surface area contributed by atoms with Gasteiger partial charge in [0.05, 0.1) is 0 Å². The van der Waals surface area contributed by atoms with Gasteiger partial charge in [0, 0.05) is 17.1 Å². The molecule has 107 heavy (non-hydrogen) atoms. The van der Waals surface area contributed by atoms with Gasteiger partial charge in [-0.3, -0.25) is 43.5 Å². The Morgan fingerprint density at radius 3 is 0.841 bits per heavy atom. The Balaban J connectivity index is 0.000000186. The number of rotatable bonds is 18. The van der Waals surface area contributed by atoms with E-state index in [1.54, 1.807) is 117 Å². The fraction of sp³-hybridized carbons (Fsp3) is 0.191. The topological polar surface area (TPSA) is 140 Å². The molecule has 11 aromatic carbocycles. The van der Waals surface area contributed by atoms with Crippen LogP contribution in [0, 0.1) is 34.9 Å². The first-order chi connectivity index (χ1) is 50.8. The molecule has 0 aliphatic heterocycles. The SMILES string of the molecule is CC(C)(C)OC(=O)CN(C(=O)c1c(F)cccc1F)c1cccc(-c2ccc(-c3ccccc3)cc2)c1.CC(C)(C)OC(=O)CN(C(=O)c1c(F)cccc1F)c1cccc(-c2ccccc2-c2ccccc2)c1.CCc1ccc(-c2cccc(N(CC(=O)OC(C)(C)C)C(=O)c3c(F)cccc3F)c2)cc1. The van der Waals surface area contributed by atoms with E-state index in [4.69, 9.17) is 14.2 Å². The van der Waals surface area contributed by atoms with Crippen molar-refractivity contribution in [2.24, 2.45) is 0 Å². The van der Waals surface area contributed by atoms with Gasteiger partial charge in [0.1, 0.15) is 88.0 Å². The van der Waals surface area contributed by atoms with Crippen LogP contribution in [0.3, 0.4) is 0 Å². The first-order valence-corrected chi connectivity index (χ1v) is 34.5. The maximum atomic E-state index is 14.6. The normalized spacial score (nSPS) is 11.2. The van der Waals surface area contributed by atoms with Crippen molar-refractivity contribution in [1.82, 2.24) is 0 Å². The van der Waals surface area contributed by atoms with Gasteiger partial charge >= 0.3 is 17.9 Å². The van der Waals surface area contributed by atoms with Crippen LogP contribution in [0.2, 0.25) is 0 Å². The van der Waals surface area contributed by atoms with Crippen LogP contribution in [-0.2, 0) is 35.0 Å².